The topological polar surface area (TPSA) is 42.9 Å². The Morgan fingerprint density at radius 3 is 2.22 bits per heavy atom. The van der Waals surface area contributed by atoms with Crippen molar-refractivity contribution in [3.63, 3.8) is 0 Å². The van der Waals surface area contributed by atoms with E-state index >= 15 is 0 Å². The van der Waals surface area contributed by atoms with Gasteiger partial charge in [0.2, 0.25) is 0 Å². The lowest BCUT2D eigenvalue weighted by Crippen LogP contribution is -2.09. The van der Waals surface area contributed by atoms with Crippen LogP contribution in [-0.2, 0) is 17.6 Å². The van der Waals surface area contributed by atoms with Gasteiger partial charge in [0.05, 0.1) is 5.56 Å². The van der Waals surface area contributed by atoms with E-state index in [1.807, 2.05) is 12.1 Å². The Labute approximate surface area is 162 Å². The van der Waals surface area contributed by atoms with Gasteiger partial charge in [0.1, 0.15) is 11.6 Å². The van der Waals surface area contributed by atoms with Crippen LogP contribution in [0.3, 0.4) is 0 Å². The molecule has 3 rings (SSSR count). The molecular weight excluding hydrogens is 332 g/mol. The fourth-order valence-electron chi connectivity index (χ4n) is 3.15. The monoisotopic (exact) mass is 360 g/mol. The largest absolute Gasteiger partial charge is 0.299 e. The second-order valence-corrected chi connectivity index (χ2v) is 8.19. The van der Waals surface area contributed by atoms with Gasteiger partial charge in [0.15, 0.2) is 0 Å². The molecule has 0 radical (unpaired) electrons. The Hall–Kier alpha value is -2.47. The number of nitrogens with zero attached hydrogens (tertiary/aromatic N) is 2. The zero-order valence-electron chi connectivity index (χ0n) is 16.5. The molecule has 2 aromatic rings. The first-order valence-corrected chi connectivity index (χ1v) is 9.94. The predicted octanol–water partition coefficient (Wildman–Crippen LogP) is 4.62. The van der Waals surface area contributed by atoms with Gasteiger partial charge in [-0.3, -0.25) is 4.79 Å². The summed E-state index contributed by atoms with van der Waals surface area (Å²) in [5.41, 5.74) is 3.07. The van der Waals surface area contributed by atoms with E-state index in [0.29, 0.717) is 30.0 Å². The van der Waals surface area contributed by atoms with Gasteiger partial charge in [-0.1, -0.05) is 44.7 Å². The van der Waals surface area contributed by atoms with E-state index in [2.05, 4.69) is 54.7 Å². The molecule has 1 heterocycles. The third-order valence-corrected chi connectivity index (χ3v) is 4.77. The minimum Gasteiger partial charge on any atom is -0.299 e. The van der Waals surface area contributed by atoms with Crippen LogP contribution in [0, 0.1) is 29.6 Å². The molecule has 1 aliphatic rings. The van der Waals surface area contributed by atoms with E-state index in [1.165, 1.54) is 5.56 Å². The molecule has 3 heteroatoms. The highest BCUT2D eigenvalue weighted by Crippen LogP contribution is 2.32. The minimum absolute atomic E-state index is 0.369. The summed E-state index contributed by atoms with van der Waals surface area (Å²) in [6.07, 6.45) is 8.33. The Kier molecular flexibility index (Phi) is 6.40. The highest BCUT2D eigenvalue weighted by molar-refractivity contribution is 5.83. The maximum absolute atomic E-state index is 11.9. The van der Waals surface area contributed by atoms with E-state index in [9.17, 15) is 4.79 Å². The van der Waals surface area contributed by atoms with E-state index in [-0.39, 0.29) is 0 Å². The van der Waals surface area contributed by atoms with Crippen molar-refractivity contribution in [3.8, 4) is 11.8 Å². The lowest BCUT2D eigenvalue weighted by Gasteiger charge is -2.10. The smallest absolute Gasteiger partial charge is 0.136 e. The third kappa shape index (κ3) is 6.32. The number of rotatable bonds is 7. The zero-order valence-corrected chi connectivity index (χ0v) is 16.5. The molecule has 1 unspecified atom stereocenters. The molecule has 0 aliphatic heterocycles. The van der Waals surface area contributed by atoms with Crippen molar-refractivity contribution in [2.75, 3.05) is 0 Å². The molecule has 1 aliphatic carbocycles. The molecule has 0 N–H and O–H groups in total. The lowest BCUT2D eigenvalue weighted by atomic mass is 9.94. The van der Waals surface area contributed by atoms with Crippen molar-refractivity contribution in [1.82, 2.24) is 9.97 Å². The number of Topliss-reactive ketones (excluding diaryl/α,β-unsaturated/α-hetero) is 1. The summed E-state index contributed by atoms with van der Waals surface area (Å²) >= 11 is 0. The van der Waals surface area contributed by atoms with E-state index in [1.54, 1.807) is 12.4 Å². The molecule has 1 aromatic heterocycles. The molecule has 1 atom stereocenters. The van der Waals surface area contributed by atoms with Crippen LogP contribution < -0.4 is 0 Å². The molecule has 140 valence electrons. The van der Waals surface area contributed by atoms with Gasteiger partial charge in [-0.05, 0) is 48.8 Å². The number of ketones is 1. The average Bonchev–Trinajstić information content (AvgIpc) is 3.47. The van der Waals surface area contributed by atoms with Crippen LogP contribution in [0.2, 0.25) is 0 Å². The fraction of sp³-hybridized carbons (Fsp3) is 0.458. The highest BCUT2D eigenvalue weighted by Gasteiger charge is 2.29. The molecule has 0 bridgehead atoms. The molecule has 0 saturated heterocycles. The van der Waals surface area contributed by atoms with Gasteiger partial charge in [0.25, 0.3) is 0 Å². The molecule has 0 amide bonds. The van der Waals surface area contributed by atoms with E-state index < -0.39 is 0 Å². The summed E-state index contributed by atoms with van der Waals surface area (Å²) in [7, 11) is 0. The summed E-state index contributed by atoms with van der Waals surface area (Å²) in [4.78, 5) is 20.7. The van der Waals surface area contributed by atoms with Gasteiger partial charge >= 0.3 is 0 Å². The minimum atomic E-state index is 0.369. The summed E-state index contributed by atoms with van der Waals surface area (Å²) in [5, 5.41) is 0. The molecule has 1 aromatic carbocycles. The van der Waals surface area contributed by atoms with Crippen LogP contribution in [0.15, 0.2) is 36.7 Å². The van der Waals surface area contributed by atoms with Crippen LogP contribution in [0.1, 0.15) is 62.5 Å². The number of hydrogen-bond donors (Lipinski definition) is 0. The normalized spacial score (nSPS) is 14.5. The van der Waals surface area contributed by atoms with Crippen molar-refractivity contribution < 1.29 is 4.79 Å². The first-order chi connectivity index (χ1) is 13.0. The van der Waals surface area contributed by atoms with Crippen molar-refractivity contribution in [3.05, 3.63) is 59.2 Å². The first kappa shape index (κ1) is 19.3. The fourth-order valence-corrected chi connectivity index (χ4v) is 3.15. The van der Waals surface area contributed by atoms with Crippen LogP contribution in [0.4, 0.5) is 0 Å². The highest BCUT2D eigenvalue weighted by atomic mass is 16.1. The lowest BCUT2D eigenvalue weighted by molar-refractivity contribution is -0.121. The number of carbonyl (C=O) groups is 1. The van der Waals surface area contributed by atoms with Crippen LogP contribution >= 0.6 is 0 Å². The standard InChI is InChI=1S/C24H28N2O/c1-17(2)12-24-25-15-21(16-26-24)9-6-19-4-7-20(8-5-19)13-18(3)14-23(27)22-10-11-22/h4-5,7-8,15-18,22H,10-14H2,1-3H3. The van der Waals surface area contributed by atoms with Gasteiger partial charge < -0.3 is 0 Å². The van der Waals surface area contributed by atoms with Crippen molar-refractivity contribution in [2.45, 2.75) is 52.9 Å². The van der Waals surface area contributed by atoms with Gasteiger partial charge in [-0.15, -0.1) is 0 Å². The number of hydrogen-bond acceptors (Lipinski definition) is 3. The summed E-state index contributed by atoms with van der Waals surface area (Å²) in [5.74, 6) is 8.94. The van der Waals surface area contributed by atoms with Crippen LogP contribution in [0.5, 0.6) is 0 Å². The number of aromatic nitrogens is 2. The number of carbonyl (C=O) groups excluding carboxylic acids is 1. The SMILES string of the molecule is CC(C)Cc1ncc(C#Cc2ccc(CC(C)CC(=O)C3CC3)cc2)cn1. The van der Waals surface area contributed by atoms with Gasteiger partial charge in [0, 0.05) is 36.7 Å². The Morgan fingerprint density at radius 1 is 1.00 bits per heavy atom. The molecule has 1 saturated carbocycles. The average molecular weight is 361 g/mol. The molecule has 27 heavy (non-hydrogen) atoms. The van der Waals surface area contributed by atoms with Crippen LogP contribution in [0.25, 0.3) is 0 Å². The Morgan fingerprint density at radius 2 is 1.63 bits per heavy atom. The maximum Gasteiger partial charge on any atom is 0.136 e. The third-order valence-electron chi connectivity index (χ3n) is 4.77. The molecule has 1 fully saturated rings. The van der Waals surface area contributed by atoms with Gasteiger partial charge in [-0.2, -0.15) is 0 Å². The van der Waals surface area contributed by atoms with Crippen LogP contribution in [-0.4, -0.2) is 15.8 Å². The van der Waals surface area contributed by atoms with Crippen molar-refractivity contribution in [2.24, 2.45) is 17.8 Å². The Balaban J connectivity index is 1.54. The first-order valence-electron chi connectivity index (χ1n) is 9.94. The zero-order chi connectivity index (χ0) is 19.2. The summed E-state index contributed by atoms with van der Waals surface area (Å²) in [6, 6.07) is 8.33. The van der Waals surface area contributed by atoms with Gasteiger partial charge in [-0.25, -0.2) is 9.97 Å². The molecular formula is C24H28N2O. The second kappa shape index (κ2) is 8.95. The molecule has 3 nitrogen and oxygen atoms in total. The maximum atomic E-state index is 11.9. The Bertz CT molecular complexity index is 821. The van der Waals surface area contributed by atoms with E-state index in [4.69, 9.17) is 0 Å². The van der Waals surface area contributed by atoms with Crippen molar-refractivity contribution in [1.29, 1.82) is 0 Å². The summed E-state index contributed by atoms with van der Waals surface area (Å²) < 4.78 is 0. The second-order valence-electron chi connectivity index (χ2n) is 8.19. The predicted molar refractivity (Wildman–Crippen MR) is 108 cm³/mol. The number of benzene rings is 1. The van der Waals surface area contributed by atoms with Crippen molar-refractivity contribution >= 4 is 5.78 Å². The van der Waals surface area contributed by atoms with E-state index in [0.717, 1.165) is 42.6 Å². The molecule has 0 spiro atoms. The quantitative estimate of drug-likeness (QED) is 0.677. The summed E-state index contributed by atoms with van der Waals surface area (Å²) in [6.45, 7) is 6.48.